The van der Waals surface area contributed by atoms with Crippen molar-refractivity contribution < 1.29 is 19.1 Å². The summed E-state index contributed by atoms with van der Waals surface area (Å²) in [6, 6.07) is 12.8. The molecule has 1 aliphatic heterocycles. The van der Waals surface area contributed by atoms with E-state index in [1.54, 1.807) is 24.3 Å². The Morgan fingerprint density at radius 2 is 2.00 bits per heavy atom. The highest BCUT2D eigenvalue weighted by molar-refractivity contribution is 6.30. The number of rotatable bonds is 4. The van der Waals surface area contributed by atoms with E-state index in [4.69, 9.17) is 11.6 Å². The Morgan fingerprint density at radius 3 is 2.69 bits per heavy atom. The summed E-state index contributed by atoms with van der Waals surface area (Å²) in [5.41, 5.74) is -1.08. The molecule has 5 nitrogen and oxygen atoms in total. The van der Waals surface area contributed by atoms with Crippen molar-refractivity contribution in [3.63, 3.8) is 0 Å². The zero-order valence-electron chi connectivity index (χ0n) is 13.9. The third kappa shape index (κ3) is 3.71. The van der Waals surface area contributed by atoms with Gasteiger partial charge >= 0.3 is 0 Å². The lowest BCUT2D eigenvalue weighted by molar-refractivity contribution is -0.154. The van der Waals surface area contributed by atoms with Crippen molar-refractivity contribution in [2.45, 2.75) is 25.0 Å². The zero-order chi connectivity index (χ0) is 18.7. The lowest BCUT2D eigenvalue weighted by Gasteiger charge is -2.37. The molecule has 1 saturated heterocycles. The van der Waals surface area contributed by atoms with E-state index in [0.29, 0.717) is 24.2 Å². The van der Waals surface area contributed by atoms with E-state index in [-0.39, 0.29) is 18.0 Å². The van der Waals surface area contributed by atoms with Gasteiger partial charge in [-0.05, 0) is 48.7 Å². The standard InChI is InChI=1S/C19H18ClFN2O3/c20-14-9-13(10-15(21)11-14)12-22-17(24)19(26)7-4-8-23(18(19)25)16-5-2-1-3-6-16/h1-3,5-6,9-11,26H,4,7-8,12H2,(H,22,24). The largest absolute Gasteiger partial charge is 0.372 e. The van der Waals surface area contributed by atoms with Crippen LogP contribution in [0.4, 0.5) is 10.1 Å². The number of anilines is 1. The fraction of sp³-hybridized carbons (Fsp3) is 0.263. The van der Waals surface area contributed by atoms with Gasteiger partial charge in [0.1, 0.15) is 5.82 Å². The number of hydrogen-bond acceptors (Lipinski definition) is 3. The molecule has 1 fully saturated rings. The fourth-order valence-corrected chi connectivity index (χ4v) is 3.28. The van der Waals surface area contributed by atoms with Crippen LogP contribution in [0.1, 0.15) is 18.4 Å². The molecule has 0 radical (unpaired) electrons. The minimum Gasteiger partial charge on any atom is -0.372 e. The SMILES string of the molecule is O=C(NCc1cc(F)cc(Cl)c1)C1(O)CCCN(c2ccccc2)C1=O. The number of amides is 2. The van der Waals surface area contributed by atoms with Crippen LogP contribution >= 0.6 is 11.6 Å². The molecule has 0 aliphatic carbocycles. The van der Waals surface area contributed by atoms with Crippen LogP contribution in [-0.4, -0.2) is 29.1 Å². The second-order valence-corrected chi connectivity index (χ2v) is 6.65. The van der Waals surface area contributed by atoms with Crippen LogP contribution < -0.4 is 10.2 Å². The lowest BCUT2D eigenvalue weighted by Crippen LogP contribution is -2.61. The fourth-order valence-electron chi connectivity index (χ4n) is 3.03. The summed E-state index contributed by atoms with van der Waals surface area (Å²) in [7, 11) is 0. The Labute approximate surface area is 155 Å². The van der Waals surface area contributed by atoms with Gasteiger partial charge in [0.2, 0.25) is 5.60 Å². The van der Waals surface area contributed by atoms with Gasteiger partial charge in [0, 0.05) is 23.8 Å². The molecular weight excluding hydrogens is 359 g/mol. The van der Waals surface area contributed by atoms with Gasteiger partial charge in [0.15, 0.2) is 0 Å². The Morgan fingerprint density at radius 1 is 1.27 bits per heavy atom. The number of nitrogens with zero attached hydrogens (tertiary/aromatic N) is 1. The van der Waals surface area contributed by atoms with E-state index in [1.165, 1.54) is 17.0 Å². The summed E-state index contributed by atoms with van der Waals surface area (Å²) in [5.74, 6) is -1.99. The van der Waals surface area contributed by atoms with Crippen LogP contribution in [0.2, 0.25) is 5.02 Å². The first-order chi connectivity index (χ1) is 12.4. The van der Waals surface area contributed by atoms with Gasteiger partial charge in [-0.3, -0.25) is 9.59 Å². The van der Waals surface area contributed by atoms with Crippen molar-refractivity contribution in [3.8, 4) is 0 Å². The second kappa shape index (κ2) is 7.43. The number of aliphatic hydroxyl groups is 1. The van der Waals surface area contributed by atoms with E-state index < -0.39 is 23.2 Å². The number of nitrogens with one attached hydrogen (secondary N) is 1. The second-order valence-electron chi connectivity index (χ2n) is 6.22. The third-order valence-corrected chi connectivity index (χ3v) is 4.56. The zero-order valence-corrected chi connectivity index (χ0v) is 14.7. The van der Waals surface area contributed by atoms with Gasteiger partial charge in [-0.2, -0.15) is 0 Å². The predicted octanol–water partition coefficient (Wildman–Crippen LogP) is 2.65. The Hall–Kier alpha value is -2.44. The Kier molecular flexibility index (Phi) is 5.25. The average Bonchev–Trinajstić information content (AvgIpc) is 2.62. The smallest absolute Gasteiger partial charge is 0.268 e. The minimum atomic E-state index is -2.15. The molecule has 1 heterocycles. The maximum atomic E-state index is 13.4. The number of para-hydroxylation sites is 1. The first-order valence-electron chi connectivity index (χ1n) is 8.23. The first-order valence-corrected chi connectivity index (χ1v) is 8.60. The summed E-state index contributed by atoms with van der Waals surface area (Å²) in [6.45, 7) is 0.384. The van der Waals surface area contributed by atoms with Gasteiger partial charge in [0.05, 0.1) is 0 Å². The number of hydrogen-bond donors (Lipinski definition) is 2. The van der Waals surface area contributed by atoms with E-state index in [0.717, 1.165) is 6.07 Å². The number of halogens is 2. The molecule has 0 aromatic heterocycles. The summed E-state index contributed by atoms with van der Waals surface area (Å²) in [6.07, 6.45) is 0.515. The van der Waals surface area contributed by atoms with Crippen LogP contribution in [0, 0.1) is 5.82 Å². The van der Waals surface area contributed by atoms with Crippen molar-refractivity contribution in [1.82, 2.24) is 5.32 Å². The molecule has 136 valence electrons. The molecule has 0 bridgehead atoms. The average molecular weight is 377 g/mol. The van der Waals surface area contributed by atoms with Crippen molar-refractivity contribution in [2.24, 2.45) is 0 Å². The van der Waals surface area contributed by atoms with Crippen molar-refractivity contribution in [2.75, 3.05) is 11.4 Å². The van der Waals surface area contributed by atoms with Crippen LogP contribution in [0.5, 0.6) is 0 Å². The Balaban J connectivity index is 1.73. The van der Waals surface area contributed by atoms with Crippen LogP contribution in [-0.2, 0) is 16.1 Å². The normalized spacial score (nSPS) is 20.1. The molecule has 2 aromatic carbocycles. The minimum absolute atomic E-state index is 0.0326. The maximum absolute atomic E-state index is 13.4. The molecular formula is C19H18ClFN2O3. The van der Waals surface area contributed by atoms with Gasteiger partial charge in [-0.1, -0.05) is 29.8 Å². The highest BCUT2D eigenvalue weighted by atomic mass is 35.5. The molecule has 2 N–H and O–H groups in total. The molecule has 3 rings (SSSR count). The van der Waals surface area contributed by atoms with Crippen molar-refractivity contribution in [1.29, 1.82) is 0 Å². The van der Waals surface area contributed by atoms with E-state index >= 15 is 0 Å². The van der Waals surface area contributed by atoms with E-state index in [2.05, 4.69) is 5.32 Å². The van der Waals surface area contributed by atoms with Gasteiger partial charge in [0.25, 0.3) is 11.8 Å². The maximum Gasteiger partial charge on any atom is 0.268 e. The van der Waals surface area contributed by atoms with Crippen molar-refractivity contribution in [3.05, 3.63) is 64.9 Å². The highest BCUT2D eigenvalue weighted by Gasteiger charge is 2.48. The van der Waals surface area contributed by atoms with Crippen LogP contribution in [0.3, 0.4) is 0 Å². The quantitative estimate of drug-likeness (QED) is 0.806. The molecule has 26 heavy (non-hydrogen) atoms. The molecule has 0 saturated carbocycles. The molecule has 1 atom stereocenters. The first kappa shape index (κ1) is 18.4. The van der Waals surface area contributed by atoms with Gasteiger partial charge in [-0.25, -0.2) is 4.39 Å². The monoisotopic (exact) mass is 376 g/mol. The van der Waals surface area contributed by atoms with Gasteiger partial charge < -0.3 is 15.3 Å². The summed E-state index contributed by atoms with van der Waals surface area (Å²) >= 11 is 5.79. The Bertz CT molecular complexity index is 811. The molecule has 1 aliphatic rings. The number of benzene rings is 2. The number of carbonyl (C=O) groups excluding carboxylic acids is 2. The third-order valence-electron chi connectivity index (χ3n) is 4.34. The molecule has 0 spiro atoms. The summed E-state index contributed by atoms with van der Waals surface area (Å²) in [4.78, 5) is 26.7. The van der Waals surface area contributed by atoms with E-state index in [9.17, 15) is 19.1 Å². The molecule has 1 unspecified atom stereocenters. The lowest BCUT2D eigenvalue weighted by atomic mass is 9.90. The predicted molar refractivity (Wildman–Crippen MR) is 96.2 cm³/mol. The topological polar surface area (TPSA) is 69.6 Å². The van der Waals surface area contributed by atoms with Crippen LogP contribution in [0.15, 0.2) is 48.5 Å². The summed E-state index contributed by atoms with van der Waals surface area (Å²) < 4.78 is 13.4. The molecule has 7 heteroatoms. The highest BCUT2D eigenvalue weighted by Crippen LogP contribution is 2.27. The van der Waals surface area contributed by atoms with Crippen LogP contribution in [0.25, 0.3) is 0 Å². The van der Waals surface area contributed by atoms with Gasteiger partial charge in [-0.15, -0.1) is 0 Å². The van der Waals surface area contributed by atoms with E-state index in [1.807, 2.05) is 6.07 Å². The number of carbonyl (C=O) groups is 2. The summed E-state index contributed by atoms with van der Waals surface area (Å²) in [5, 5.41) is 13.4. The molecule has 2 aromatic rings. The number of piperidine rings is 1. The van der Waals surface area contributed by atoms with Crippen molar-refractivity contribution >= 4 is 29.1 Å². The molecule has 2 amide bonds.